The van der Waals surface area contributed by atoms with E-state index in [1.807, 2.05) is 13.0 Å². The third-order valence-corrected chi connectivity index (χ3v) is 5.65. The summed E-state index contributed by atoms with van der Waals surface area (Å²) in [4.78, 5) is 19.0. The Kier molecular flexibility index (Phi) is 6.43. The van der Waals surface area contributed by atoms with Gasteiger partial charge in [0, 0.05) is 49.8 Å². The first kappa shape index (κ1) is 22.9. The van der Waals surface area contributed by atoms with E-state index in [2.05, 4.69) is 20.5 Å². The molecule has 3 aliphatic heterocycles. The van der Waals surface area contributed by atoms with Crippen LogP contribution in [0.25, 0.3) is 0 Å². The SMILES string of the molecule is CC1(CO)Cc2cc(NC(=O)/C(C=N)=C3\N=CC(C(F)F)=CN3)c(N3CCOCC3)cc2O1. The van der Waals surface area contributed by atoms with E-state index in [-0.39, 0.29) is 23.6 Å². The predicted octanol–water partition coefficient (Wildman–Crippen LogP) is 1.83. The van der Waals surface area contributed by atoms with Gasteiger partial charge in [-0.2, -0.15) is 0 Å². The maximum Gasteiger partial charge on any atom is 0.266 e. The Bertz CT molecular complexity index is 1050. The number of rotatable bonds is 6. The molecule has 0 saturated carbocycles. The molecule has 1 atom stereocenters. The summed E-state index contributed by atoms with van der Waals surface area (Å²) >= 11 is 0. The van der Waals surface area contributed by atoms with Crippen molar-refractivity contribution in [1.29, 1.82) is 5.41 Å². The predicted molar refractivity (Wildman–Crippen MR) is 119 cm³/mol. The molecule has 0 spiro atoms. The van der Waals surface area contributed by atoms with Gasteiger partial charge in [-0.1, -0.05) is 0 Å². The molecule has 1 fully saturated rings. The number of alkyl halides is 2. The maximum atomic E-state index is 13.1. The molecule has 0 aliphatic carbocycles. The Labute approximate surface area is 189 Å². The number of aliphatic imine (C=N–C) groups is 1. The van der Waals surface area contributed by atoms with E-state index in [4.69, 9.17) is 14.9 Å². The molecule has 1 unspecified atom stereocenters. The van der Waals surface area contributed by atoms with Crippen LogP contribution in [0.1, 0.15) is 12.5 Å². The highest BCUT2D eigenvalue weighted by molar-refractivity contribution is 6.18. The van der Waals surface area contributed by atoms with Gasteiger partial charge in [-0.15, -0.1) is 0 Å². The van der Waals surface area contributed by atoms with Gasteiger partial charge in [0.1, 0.15) is 17.2 Å². The van der Waals surface area contributed by atoms with E-state index in [9.17, 15) is 18.7 Å². The number of allylic oxidation sites excluding steroid dienone is 1. The number of morpholine rings is 1. The fraction of sp³-hybridized carbons (Fsp3) is 0.409. The number of aliphatic hydroxyl groups excluding tert-OH is 1. The molecule has 4 N–H and O–H groups in total. The fourth-order valence-corrected chi connectivity index (χ4v) is 3.87. The minimum atomic E-state index is -2.70. The van der Waals surface area contributed by atoms with Gasteiger partial charge >= 0.3 is 0 Å². The van der Waals surface area contributed by atoms with Gasteiger partial charge in [-0.05, 0) is 13.0 Å². The Morgan fingerprint density at radius 3 is 2.79 bits per heavy atom. The lowest BCUT2D eigenvalue weighted by Gasteiger charge is -2.31. The molecule has 0 radical (unpaired) electrons. The molecule has 0 bridgehead atoms. The summed E-state index contributed by atoms with van der Waals surface area (Å²) in [5.41, 5.74) is 0.896. The van der Waals surface area contributed by atoms with Gasteiger partial charge in [-0.3, -0.25) is 4.79 Å². The number of carbonyl (C=O) groups excluding carboxylic acids is 1. The van der Waals surface area contributed by atoms with Crippen LogP contribution in [0.3, 0.4) is 0 Å². The van der Waals surface area contributed by atoms with Crippen LogP contribution in [0.5, 0.6) is 5.75 Å². The third-order valence-electron chi connectivity index (χ3n) is 5.65. The van der Waals surface area contributed by atoms with E-state index in [1.54, 1.807) is 6.07 Å². The van der Waals surface area contributed by atoms with Gasteiger partial charge in [0.05, 0.1) is 42.3 Å². The molecule has 33 heavy (non-hydrogen) atoms. The zero-order chi connectivity index (χ0) is 23.6. The van der Waals surface area contributed by atoms with Crippen LogP contribution in [0.2, 0.25) is 0 Å². The van der Waals surface area contributed by atoms with Crippen molar-refractivity contribution in [1.82, 2.24) is 5.32 Å². The zero-order valence-electron chi connectivity index (χ0n) is 18.0. The highest BCUT2D eigenvalue weighted by Crippen LogP contribution is 2.42. The summed E-state index contributed by atoms with van der Waals surface area (Å²) in [6, 6.07) is 3.64. The minimum Gasteiger partial charge on any atom is -0.484 e. The average Bonchev–Trinajstić information content (AvgIpc) is 3.15. The van der Waals surface area contributed by atoms with Crippen molar-refractivity contribution in [2.75, 3.05) is 43.1 Å². The van der Waals surface area contributed by atoms with Crippen LogP contribution in [-0.2, 0) is 16.0 Å². The molecule has 1 aromatic rings. The van der Waals surface area contributed by atoms with Crippen LogP contribution in [0.15, 0.2) is 40.3 Å². The number of hydrogen-bond donors (Lipinski definition) is 4. The molecule has 1 aromatic carbocycles. The van der Waals surface area contributed by atoms with Crippen molar-refractivity contribution in [3.05, 3.63) is 40.9 Å². The van der Waals surface area contributed by atoms with Crippen LogP contribution in [0.4, 0.5) is 20.2 Å². The van der Waals surface area contributed by atoms with Crippen molar-refractivity contribution in [2.45, 2.75) is 25.4 Å². The Balaban J connectivity index is 1.65. The zero-order valence-corrected chi connectivity index (χ0v) is 18.0. The van der Waals surface area contributed by atoms with Crippen molar-refractivity contribution in [2.24, 2.45) is 4.99 Å². The third kappa shape index (κ3) is 4.74. The number of aliphatic hydroxyl groups is 1. The number of amides is 1. The van der Waals surface area contributed by atoms with Gasteiger partial charge in [0.2, 0.25) is 0 Å². The number of nitrogens with zero attached hydrogens (tertiary/aromatic N) is 2. The lowest BCUT2D eigenvalue weighted by molar-refractivity contribution is -0.112. The van der Waals surface area contributed by atoms with Crippen LogP contribution in [0, 0.1) is 5.41 Å². The highest BCUT2D eigenvalue weighted by Gasteiger charge is 2.36. The van der Waals surface area contributed by atoms with Crippen molar-refractivity contribution >= 4 is 29.7 Å². The molecule has 1 saturated heterocycles. The normalized spacial score (nSPS) is 23.4. The monoisotopic (exact) mass is 461 g/mol. The lowest BCUT2D eigenvalue weighted by atomic mass is 9.99. The van der Waals surface area contributed by atoms with Crippen molar-refractivity contribution < 1.29 is 28.2 Å². The van der Waals surface area contributed by atoms with E-state index in [0.717, 1.165) is 29.9 Å². The molecule has 11 heteroatoms. The van der Waals surface area contributed by atoms with Gasteiger partial charge < -0.3 is 35.5 Å². The van der Waals surface area contributed by atoms with E-state index in [0.29, 0.717) is 44.2 Å². The number of halogens is 2. The van der Waals surface area contributed by atoms with Crippen LogP contribution >= 0.6 is 0 Å². The smallest absolute Gasteiger partial charge is 0.266 e. The minimum absolute atomic E-state index is 0.00262. The molecule has 0 aromatic heterocycles. The molecular weight excluding hydrogens is 436 g/mol. The first-order valence-corrected chi connectivity index (χ1v) is 10.5. The molecule has 3 heterocycles. The maximum absolute atomic E-state index is 13.1. The number of ether oxygens (including phenoxy) is 2. The van der Waals surface area contributed by atoms with E-state index in [1.165, 1.54) is 0 Å². The molecular formula is C22H25F2N5O4. The summed E-state index contributed by atoms with van der Waals surface area (Å²) in [6.45, 7) is 3.96. The van der Waals surface area contributed by atoms with Crippen molar-refractivity contribution in [3.8, 4) is 5.75 Å². The molecule has 9 nitrogen and oxygen atoms in total. The summed E-state index contributed by atoms with van der Waals surface area (Å²) in [7, 11) is 0. The lowest BCUT2D eigenvalue weighted by Crippen LogP contribution is -2.37. The Morgan fingerprint density at radius 2 is 2.18 bits per heavy atom. The highest BCUT2D eigenvalue weighted by atomic mass is 19.3. The van der Waals surface area contributed by atoms with E-state index < -0.39 is 17.9 Å². The number of fused-ring (bicyclic) bond motifs is 1. The first-order chi connectivity index (χ1) is 15.8. The van der Waals surface area contributed by atoms with Gasteiger partial charge in [-0.25, -0.2) is 13.8 Å². The number of benzene rings is 1. The summed E-state index contributed by atoms with van der Waals surface area (Å²) in [6.07, 6.45) is 0.621. The topological polar surface area (TPSA) is 119 Å². The number of anilines is 2. The second-order valence-corrected chi connectivity index (χ2v) is 8.17. The largest absolute Gasteiger partial charge is 0.484 e. The average molecular weight is 461 g/mol. The summed E-state index contributed by atoms with van der Waals surface area (Å²) < 4.78 is 37.0. The quantitative estimate of drug-likeness (QED) is 0.379. The summed E-state index contributed by atoms with van der Waals surface area (Å²) in [5.74, 6) is 0.0221. The van der Waals surface area contributed by atoms with Crippen molar-refractivity contribution in [3.63, 3.8) is 0 Å². The van der Waals surface area contributed by atoms with Crippen LogP contribution < -0.4 is 20.3 Å². The second-order valence-electron chi connectivity index (χ2n) is 8.17. The van der Waals surface area contributed by atoms with Gasteiger partial charge in [0.15, 0.2) is 0 Å². The second kappa shape index (κ2) is 9.28. The fourth-order valence-electron chi connectivity index (χ4n) is 3.87. The summed E-state index contributed by atoms with van der Waals surface area (Å²) in [5, 5.41) is 22.8. The Morgan fingerprint density at radius 1 is 1.42 bits per heavy atom. The molecule has 3 aliphatic rings. The number of carbonyl (C=O) groups is 1. The van der Waals surface area contributed by atoms with Crippen LogP contribution in [-0.4, -0.2) is 68.4 Å². The number of hydrogen-bond acceptors (Lipinski definition) is 8. The number of nitrogens with one attached hydrogen (secondary N) is 3. The molecule has 4 rings (SSSR count). The molecule has 176 valence electrons. The Hall–Kier alpha value is -3.31. The van der Waals surface area contributed by atoms with Gasteiger partial charge in [0.25, 0.3) is 12.3 Å². The molecule has 1 amide bonds. The first-order valence-electron chi connectivity index (χ1n) is 10.5. The van der Waals surface area contributed by atoms with E-state index >= 15 is 0 Å². The standard InChI is InChI=1S/C22H25F2N5O4/c1-22(12-30)8-13-6-16(17(7-18(13)33-22)29-2-4-32-5-3-29)28-21(31)15(9-25)20-26-10-14(11-27-20)19(23)24/h6-7,9-11,19,25-26,30H,2-5,8,12H2,1H3,(H,28,31)/b20-15-,25-9?.